The number of nitrogens with zero attached hydrogens (tertiary/aromatic N) is 3. The van der Waals surface area contributed by atoms with Gasteiger partial charge in [0.25, 0.3) is 0 Å². The van der Waals surface area contributed by atoms with Gasteiger partial charge in [-0.2, -0.15) is 0 Å². The topological polar surface area (TPSA) is 70.9 Å². The van der Waals surface area contributed by atoms with Crippen LogP contribution < -0.4 is 5.32 Å². The van der Waals surface area contributed by atoms with Crippen LogP contribution in [0.5, 0.6) is 0 Å². The molecule has 0 amide bonds. The van der Waals surface area contributed by atoms with Crippen LogP contribution in [0.3, 0.4) is 0 Å². The Kier molecular flexibility index (Phi) is 4.62. The molecule has 0 fully saturated rings. The zero-order chi connectivity index (χ0) is 18.9. The molecule has 2 aromatic heterocycles. The summed E-state index contributed by atoms with van der Waals surface area (Å²) in [7, 11) is 0. The summed E-state index contributed by atoms with van der Waals surface area (Å²) in [4.78, 5) is 13.5. The first-order valence-electron chi connectivity index (χ1n) is 9.37. The third kappa shape index (κ3) is 3.43. The molecule has 1 aromatic carbocycles. The Morgan fingerprint density at radius 2 is 1.96 bits per heavy atom. The van der Waals surface area contributed by atoms with E-state index in [-0.39, 0.29) is 0 Å². The molecule has 0 saturated carbocycles. The second kappa shape index (κ2) is 7.08. The highest BCUT2D eigenvalue weighted by molar-refractivity contribution is 5.58. The molecule has 5 heteroatoms. The predicted molar refractivity (Wildman–Crippen MR) is 107 cm³/mol. The van der Waals surface area contributed by atoms with Gasteiger partial charge in [0.1, 0.15) is 11.4 Å². The number of anilines is 1. The Bertz CT molecular complexity index is 958. The van der Waals surface area contributed by atoms with Gasteiger partial charge in [-0.1, -0.05) is 24.3 Å². The molecule has 5 nitrogen and oxygen atoms in total. The van der Waals surface area contributed by atoms with Crippen molar-refractivity contribution in [1.82, 2.24) is 15.0 Å². The minimum absolute atomic E-state index is 0.424. The molecule has 0 bridgehead atoms. The lowest BCUT2D eigenvalue weighted by Gasteiger charge is -2.35. The molecule has 0 saturated heterocycles. The first-order chi connectivity index (χ1) is 13.1. The van der Waals surface area contributed by atoms with Crippen LogP contribution >= 0.6 is 0 Å². The van der Waals surface area contributed by atoms with Crippen molar-refractivity contribution in [2.24, 2.45) is 0 Å². The number of hydrogen-bond donors (Lipinski definition) is 2. The highest BCUT2D eigenvalue weighted by atomic mass is 16.3. The summed E-state index contributed by atoms with van der Waals surface area (Å²) in [5.74, 6) is 1.41. The number of rotatable bonds is 4. The molecule has 2 N–H and O–H groups in total. The highest BCUT2D eigenvalue weighted by Crippen LogP contribution is 2.35. The Hall–Kier alpha value is -2.79. The molecule has 2 heterocycles. The number of hydrogen-bond acceptors (Lipinski definition) is 5. The van der Waals surface area contributed by atoms with Gasteiger partial charge in [0, 0.05) is 35.8 Å². The van der Waals surface area contributed by atoms with Gasteiger partial charge in [0.15, 0.2) is 5.82 Å². The number of pyridine rings is 1. The lowest BCUT2D eigenvalue weighted by molar-refractivity contribution is 0.0322. The fourth-order valence-electron chi connectivity index (χ4n) is 3.74. The van der Waals surface area contributed by atoms with Crippen LogP contribution in [0.2, 0.25) is 0 Å². The van der Waals surface area contributed by atoms with Gasteiger partial charge in [-0.15, -0.1) is 0 Å². The Balaban J connectivity index is 1.63. The average Bonchev–Trinajstić information content (AvgIpc) is 2.70. The highest BCUT2D eigenvalue weighted by Gasteiger charge is 2.34. The van der Waals surface area contributed by atoms with E-state index >= 15 is 0 Å². The number of nitrogens with one attached hydrogen (secondary N) is 1. The van der Waals surface area contributed by atoms with Crippen molar-refractivity contribution in [1.29, 1.82) is 0 Å². The SMILES string of the molecule is Cc1nc(-c2cccnc2)nc(NCC2(O)CCCc3ccccc32)c1C. The normalized spacial score (nSPS) is 18.8. The number of aliphatic hydroxyl groups is 1. The van der Waals surface area contributed by atoms with E-state index in [1.54, 1.807) is 12.4 Å². The van der Waals surface area contributed by atoms with Crippen LogP contribution in [0, 0.1) is 13.8 Å². The van der Waals surface area contributed by atoms with E-state index in [9.17, 15) is 5.11 Å². The minimum atomic E-state index is -0.880. The monoisotopic (exact) mass is 360 g/mol. The maximum atomic E-state index is 11.3. The van der Waals surface area contributed by atoms with Crippen molar-refractivity contribution in [3.05, 3.63) is 71.2 Å². The van der Waals surface area contributed by atoms with E-state index in [2.05, 4.69) is 21.4 Å². The summed E-state index contributed by atoms with van der Waals surface area (Å²) in [5.41, 5.74) is 4.18. The maximum absolute atomic E-state index is 11.3. The molecule has 0 radical (unpaired) electrons. The number of aromatic nitrogens is 3. The molecule has 4 rings (SSSR count). The molecule has 0 spiro atoms. The van der Waals surface area contributed by atoms with Crippen molar-refractivity contribution in [3.8, 4) is 11.4 Å². The fraction of sp³-hybridized carbons (Fsp3) is 0.318. The van der Waals surface area contributed by atoms with Gasteiger partial charge in [0.05, 0.1) is 0 Å². The van der Waals surface area contributed by atoms with Crippen LogP contribution in [0.4, 0.5) is 5.82 Å². The van der Waals surface area contributed by atoms with Crippen molar-refractivity contribution in [2.45, 2.75) is 38.7 Å². The van der Waals surface area contributed by atoms with Gasteiger partial charge in [-0.05, 0) is 56.4 Å². The zero-order valence-corrected chi connectivity index (χ0v) is 15.7. The van der Waals surface area contributed by atoms with Crippen molar-refractivity contribution < 1.29 is 5.11 Å². The number of benzene rings is 1. The smallest absolute Gasteiger partial charge is 0.163 e. The largest absolute Gasteiger partial charge is 0.383 e. The van der Waals surface area contributed by atoms with Crippen LogP contribution in [0.1, 0.15) is 35.2 Å². The summed E-state index contributed by atoms with van der Waals surface area (Å²) in [6.07, 6.45) is 6.25. The summed E-state index contributed by atoms with van der Waals surface area (Å²) >= 11 is 0. The van der Waals surface area contributed by atoms with Crippen molar-refractivity contribution in [2.75, 3.05) is 11.9 Å². The van der Waals surface area contributed by atoms with E-state index in [0.717, 1.165) is 47.5 Å². The van der Waals surface area contributed by atoms with Gasteiger partial charge >= 0.3 is 0 Å². The second-order valence-electron chi connectivity index (χ2n) is 7.24. The summed E-state index contributed by atoms with van der Waals surface area (Å²) in [6, 6.07) is 12.0. The van der Waals surface area contributed by atoms with Crippen LogP contribution in [-0.2, 0) is 12.0 Å². The second-order valence-corrected chi connectivity index (χ2v) is 7.24. The number of fused-ring (bicyclic) bond motifs is 1. The third-order valence-electron chi connectivity index (χ3n) is 5.41. The third-order valence-corrected chi connectivity index (χ3v) is 5.41. The van der Waals surface area contributed by atoms with E-state index in [0.29, 0.717) is 12.4 Å². The van der Waals surface area contributed by atoms with E-state index in [4.69, 9.17) is 4.98 Å². The van der Waals surface area contributed by atoms with Crippen LogP contribution in [-0.4, -0.2) is 26.6 Å². The van der Waals surface area contributed by atoms with Crippen LogP contribution in [0.25, 0.3) is 11.4 Å². The van der Waals surface area contributed by atoms with E-state index in [1.807, 2.05) is 44.2 Å². The van der Waals surface area contributed by atoms with E-state index < -0.39 is 5.60 Å². The first kappa shape index (κ1) is 17.6. The van der Waals surface area contributed by atoms with Gasteiger partial charge in [-0.25, -0.2) is 9.97 Å². The molecule has 27 heavy (non-hydrogen) atoms. The summed E-state index contributed by atoms with van der Waals surface area (Å²) in [6.45, 7) is 4.41. The predicted octanol–water partition coefficient (Wildman–Crippen LogP) is 3.79. The fourth-order valence-corrected chi connectivity index (χ4v) is 3.74. The Morgan fingerprint density at radius 3 is 2.78 bits per heavy atom. The van der Waals surface area contributed by atoms with Gasteiger partial charge in [-0.3, -0.25) is 4.98 Å². The van der Waals surface area contributed by atoms with Crippen LogP contribution in [0.15, 0.2) is 48.8 Å². The molecular formula is C22H24N4O. The summed E-state index contributed by atoms with van der Waals surface area (Å²) in [5, 5.41) is 14.7. The zero-order valence-electron chi connectivity index (χ0n) is 15.7. The number of aryl methyl sites for hydroxylation is 2. The summed E-state index contributed by atoms with van der Waals surface area (Å²) < 4.78 is 0. The van der Waals surface area contributed by atoms with Crippen molar-refractivity contribution in [3.63, 3.8) is 0 Å². The lowest BCUT2D eigenvalue weighted by atomic mass is 9.79. The Morgan fingerprint density at radius 1 is 1.11 bits per heavy atom. The lowest BCUT2D eigenvalue weighted by Crippen LogP contribution is -2.38. The quantitative estimate of drug-likeness (QED) is 0.741. The molecule has 1 atom stereocenters. The van der Waals surface area contributed by atoms with Crippen molar-refractivity contribution >= 4 is 5.82 Å². The average molecular weight is 360 g/mol. The van der Waals surface area contributed by atoms with Gasteiger partial charge in [0.2, 0.25) is 0 Å². The molecule has 1 aliphatic carbocycles. The molecule has 138 valence electrons. The standard InChI is InChI=1S/C22H24N4O/c1-15-16(2)25-21(18-9-6-12-23-13-18)26-20(15)24-14-22(27)11-5-8-17-7-3-4-10-19(17)22/h3-4,6-7,9-10,12-13,27H,5,8,11,14H2,1-2H3,(H,24,25,26). The molecule has 1 unspecified atom stereocenters. The Labute approximate surface area is 159 Å². The van der Waals surface area contributed by atoms with E-state index in [1.165, 1.54) is 5.56 Å². The first-order valence-corrected chi connectivity index (χ1v) is 9.37. The maximum Gasteiger partial charge on any atom is 0.163 e. The molecule has 0 aliphatic heterocycles. The minimum Gasteiger partial charge on any atom is -0.383 e. The molecule has 1 aliphatic rings. The van der Waals surface area contributed by atoms with Gasteiger partial charge < -0.3 is 10.4 Å². The molecular weight excluding hydrogens is 336 g/mol. The molecule has 3 aromatic rings.